The number of imidazole rings is 1. The Hall–Kier alpha value is -3.87. The van der Waals surface area contributed by atoms with Gasteiger partial charge < -0.3 is 4.74 Å². The van der Waals surface area contributed by atoms with E-state index in [1.54, 1.807) is 25.6 Å². The van der Waals surface area contributed by atoms with Gasteiger partial charge in [0.2, 0.25) is 5.95 Å². The summed E-state index contributed by atoms with van der Waals surface area (Å²) in [7, 11) is 1.63. The summed E-state index contributed by atoms with van der Waals surface area (Å²) in [6.45, 7) is 3.87. The Morgan fingerprint density at radius 3 is 2.50 bits per heavy atom. The maximum atomic E-state index is 13.9. The van der Waals surface area contributed by atoms with Crippen molar-refractivity contribution < 1.29 is 9.13 Å². The lowest BCUT2D eigenvalue weighted by Gasteiger charge is -2.13. The zero-order chi connectivity index (χ0) is 20.8. The van der Waals surface area contributed by atoms with Crippen LogP contribution in [0.5, 0.6) is 5.75 Å². The standard InChI is InChI=1S/C23H18FN5O/c1-13-22-14(2)28-23(15-6-8-26-20(24)11-15)29(22)18-9-17(16-5-4-7-25-12-16)10-19(30-3)21(18)27-13/h4-12H,1-3H3. The van der Waals surface area contributed by atoms with Crippen LogP contribution < -0.4 is 4.74 Å². The van der Waals surface area contributed by atoms with Crippen LogP contribution in [0.1, 0.15) is 11.4 Å². The molecule has 30 heavy (non-hydrogen) atoms. The first-order chi connectivity index (χ1) is 14.6. The first kappa shape index (κ1) is 18.2. The molecular formula is C23H18FN5O. The topological polar surface area (TPSA) is 65.2 Å². The molecule has 7 heteroatoms. The molecule has 0 aliphatic heterocycles. The van der Waals surface area contributed by atoms with E-state index >= 15 is 0 Å². The third-order valence-corrected chi connectivity index (χ3v) is 5.17. The molecule has 0 unspecified atom stereocenters. The Bertz CT molecular complexity index is 1410. The van der Waals surface area contributed by atoms with Gasteiger partial charge in [-0.05, 0) is 43.7 Å². The third-order valence-electron chi connectivity index (χ3n) is 5.17. The molecule has 0 fully saturated rings. The van der Waals surface area contributed by atoms with Crippen LogP contribution in [-0.4, -0.2) is 31.4 Å². The van der Waals surface area contributed by atoms with Crippen molar-refractivity contribution in [2.75, 3.05) is 7.11 Å². The molecule has 0 radical (unpaired) electrons. The maximum absolute atomic E-state index is 13.9. The van der Waals surface area contributed by atoms with Gasteiger partial charge in [0, 0.05) is 35.8 Å². The number of aryl methyl sites for hydroxylation is 2. The van der Waals surface area contributed by atoms with E-state index in [-0.39, 0.29) is 0 Å². The second-order valence-electron chi connectivity index (χ2n) is 7.06. The normalized spacial score (nSPS) is 11.3. The predicted octanol–water partition coefficient (Wildman–Crippen LogP) is 4.77. The summed E-state index contributed by atoms with van der Waals surface area (Å²) in [4.78, 5) is 17.5. The number of aromatic nitrogens is 5. The number of benzene rings is 1. The Labute approximate surface area is 172 Å². The van der Waals surface area contributed by atoms with Crippen LogP contribution in [-0.2, 0) is 0 Å². The van der Waals surface area contributed by atoms with E-state index in [0.29, 0.717) is 22.7 Å². The number of ether oxygens (including phenoxy) is 1. The second kappa shape index (κ2) is 6.88. The largest absolute Gasteiger partial charge is 0.494 e. The van der Waals surface area contributed by atoms with Crippen molar-refractivity contribution in [1.29, 1.82) is 0 Å². The first-order valence-corrected chi connectivity index (χ1v) is 9.46. The van der Waals surface area contributed by atoms with Crippen LogP contribution in [0, 0.1) is 19.8 Å². The summed E-state index contributed by atoms with van der Waals surface area (Å²) >= 11 is 0. The molecule has 0 aliphatic carbocycles. The molecule has 148 valence electrons. The van der Waals surface area contributed by atoms with Crippen molar-refractivity contribution in [2.45, 2.75) is 13.8 Å². The van der Waals surface area contributed by atoms with E-state index in [4.69, 9.17) is 14.7 Å². The SMILES string of the molecule is COc1cc(-c2cccnc2)cc2c1nc(C)c1c(C)nc(-c3ccnc(F)c3)n12. The smallest absolute Gasteiger partial charge is 0.213 e. The lowest BCUT2D eigenvalue weighted by molar-refractivity contribution is 0.419. The number of fused-ring (bicyclic) bond motifs is 3. The van der Waals surface area contributed by atoms with Crippen molar-refractivity contribution in [2.24, 2.45) is 0 Å². The van der Waals surface area contributed by atoms with Gasteiger partial charge in [0.25, 0.3) is 0 Å². The number of hydrogen-bond donors (Lipinski definition) is 0. The summed E-state index contributed by atoms with van der Waals surface area (Å²) in [5, 5.41) is 0. The average Bonchev–Trinajstić information content (AvgIpc) is 3.12. The van der Waals surface area contributed by atoms with Crippen LogP contribution in [0.2, 0.25) is 0 Å². The molecular weight excluding hydrogens is 381 g/mol. The Morgan fingerprint density at radius 1 is 0.933 bits per heavy atom. The number of methoxy groups -OCH3 is 1. The molecule has 0 atom stereocenters. The highest BCUT2D eigenvalue weighted by Crippen LogP contribution is 2.35. The highest BCUT2D eigenvalue weighted by Gasteiger charge is 2.19. The summed E-state index contributed by atoms with van der Waals surface area (Å²) in [6, 6.07) is 11.0. The molecule has 6 nitrogen and oxygen atoms in total. The molecule has 4 heterocycles. The zero-order valence-corrected chi connectivity index (χ0v) is 16.7. The zero-order valence-electron chi connectivity index (χ0n) is 16.7. The van der Waals surface area contributed by atoms with Crippen LogP contribution in [0.4, 0.5) is 4.39 Å². The van der Waals surface area contributed by atoms with Gasteiger partial charge in [-0.25, -0.2) is 15.0 Å². The summed E-state index contributed by atoms with van der Waals surface area (Å²) in [5.74, 6) is 0.727. The number of pyridine rings is 2. The molecule has 0 aliphatic rings. The van der Waals surface area contributed by atoms with Gasteiger partial charge in [-0.3, -0.25) is 9.38 Å². The molecule has 0 saturated carbocycles. The average molecular weight is 399 g/mol. The Balaban J connectivity index is 1.94. The van der Waals surface area contributed by atoms with E-state index in [1.165, 1.54) is 12.3 Å². The van der Waals surface area contributed by atoms with Crippen molar-refractivity contribution >= 4 is 16.6 Å². The molecule has 5 aromatic rings. The number of rotatable bonds is 3. The highest BCUT2D eigenvalue weighted by molar-refractivity contribution is 5.91. The van der Waals surface area contributed by atoms with Crippen LogP contribution in [0.3, 0.4) is 0 Å². The van der Waals surface area contributed by atoms with Gasteiger partial charge >= 0.3 is 0 Å². The number of hydrogen-bond acceptors (Lipinski definition) is 5. The minimum absolute atomic E-state index is 0.550. The van der Waals surface area contributed by atoms with Gasteiger partial charge in [0.05, 0.1) is 29.5 Å². The highest BCUT2D eigenvalue weighted by atomic mass is 19.1. The molecule has 0 saturated heterocycles. The maximum Gasteiger partial charge on any atom is 0.213 e. The molecule has 1 aromatic carbocycles. The molecule has 5 rings (SSSR count). The van der Waals surface area contributed by atoms with Gasteiger partial charge in [-0.1, -0.05) is 6.07 Å². The van der Waals surface area contributed by atoms with Crippen LogP contribution >= 0.6 is 0 Å². The first-order valence-electron chi connectivity index (χ1n) is 9.46. The van der Waals surface area contributed by atoms with Gasteiger partial charge in [-0.15, -0.1) is 0 Å². The van der Waals surface area contributed by atoms with E-state index in [0.717, 1.165) is 33.5 Å². The lowest BCUT2D eigenvalue weighted by atomic mass is 10.1. The third kappa shape index (κ3) is 2.78. The molecule has 0 spiro atoms. The summed E-state index contributed by atoms with van der Waals surface area (Å²) < 4.78 is 21.6. The fourth-order valence-corrected chi connectivity index (χ4v) is 3.88. The van der Waals surface area contributed by atoms with E-state index in [1.807, 2.05) is 42.5 Å². The number of halogens is 1. The monoisotopic (exact) mass is 399 g/mol. The van der Waals surface area contributed by atoms with E-state index < -0.39 is 5.95 Å². The Morgan fingerprint density at radius 2 is 1.77 bits per heavy atom. The minimum atomic E-state index is -0.550. The number of nitrogens with zero attached hydrogens (tertiary/aromatic N) is 5. The molecule has 4 aromatic heterocycles. The van der Waals surface area contributed by atoms with Crippen molar-refractivity contribution in [3.8, 4) is 28.3 Å². The second-order valence-corrected chi connectivity index (χ2v) is 7.06. The summed E-state index contributed by atoms with van der Waals surface area (Å²) in [6.07, 6.45) is 4.98. The van der Waals surface area contributed by atoms with E-state index in [9.17, 15) is 4.39 Å². The van der Waals surface area contributed by atoms with Gasteiger partial charge in [0.15, 0.2) is 0 Å². The predicted molar refractivity (Wildman–Crippen MR) is 113 cm³/mol. The van der Waals surface area contributed by atoms with Crippen LogP contribution in [0.15, 0.2) is 55.0 Å². The van der Waals surface area contributed by atoms with Crippen molar-refractivity contribution in [3.05, 3.63) is 72.3 Å². The molecule has 0 amide bonds. The Kier molecular flexibility index (Phi) is 4.17. The van der Waals surface area contributed by atoms with Crippen molar-refractivity contribution in [3.63, 3.8) is 0 Å². The lowest BCUT2D eigenvalue weighted by Crippen LogP contribution is -2.00. The van der Waals surface area contributed by atoms with Gasteiger partial charge in [-0.2, -0.15) is 4.39 Å². The summed E-state index contributed by atoms with van der Waals surface area (Å²) in [5.41, 5.74) is 6.60. The van der Waals surface area contributed by atoms with E-state index in [2.05, 4.69) is 9.97 Å². The minimum Gasteiger partial charge on any atom is -0.494 e. The quantitative estimate of drug-likeness (QED) is 0.409. The van der Waals surface area contributed by atoms with Crippen LogP contribution in [0.25, 0.3) is 39.1 Å². The van der Waals surface area contributed by atoms with Crippen molar-refractivity contribution in [1.82, 2.24) is 24.3 Å². The van der Waals surface area contributed by atoms with Gasteiger partial charge in [0.1, 0.15) is 17.1 Å². The molecule has 0 bridgehead atoms. The fraction of sp³-hybridized carbons (Fsp3) is 0.130. The molecule has 0 N–H and O–H groups in total. The fourth-order valence-electron chi connectivity index (χ4n) is 3.88.